The molecule has 2 aromatic heterocycles. The molecule has 0 saturated carbocycles. The Morgan fingerprint density at radius 3 is 1.47 bits per heavy atom. The normalized spacial score (nSPS) is 12.2. The third kappa shape index (κ3) is 3.13. The van der Waals surface area contributed by atoms with Crippen LogP contribution in [-0.2, 0) is 23.9 Å². The lowest BCUT2D eigenvalue weighted by atomic mass is 10.5. The van der Waals surface area contributed by atoms with Crippen LogP contribution in [0, 0.1) is 0 Å². The Morgan fingerprint density at radius 1 is 0.737 bits per heavy atom. The van der Waals surface area contributed by atoms with Crippen molar-refractivity contribution in [2.45, 2.75) is 10.1 Å². The molecule has 0 spiro atoms. The van der Waals surface area contributed by atoms with Crippen molar-refractivity contribution >= 4 is 20.2 Å². The number of pyridine rings is 2. The smallest absolute Gasteiger partial charge is 0.243 e. The minimum Gasteiger partial charge on any atom is -0.243 e. The second-order valence-corrected chi connectivity index (χ2v) is 6.51. The molecule has 0 fully saturated rings. The predicted octanol–water partition coefficient (Wildman–Crippen LogP) is 0.571. The topological polar surface area (TPSA) is 103 Å². The van der Waals surface area contributed by atoms with Crippen LogP contribution in [-0.4, -0.2) is 26.8 Å². The highest BCUT2D eigenvalue weighted by Crippen LogP contribution is 2.16. The average molecular weight is 300 g/mol. The van der Waals surface area contributed by atoms with Crippen molar-refractivity contribution in [1.29, 1.82) is 0 Å². The van der Waals surface area contributed by atoms with Gasteiger partial charge in [0.25, 0.3) is 0 Å². The molecule has 100 valence electrons. The number of hydrogen-bond acceptors (Lipinski definition) is 7. The Balaban J connectivity index is 2.37. The zero-order chi connectivity index (χ0) is 13.9. The van der Waals surface area contributed by atoms with Gasteiger partial charge in [-0.25, -0.2) is 9.97 Å². The second kappa shape index (κ2) is 5.03. The monoisotopic (exact) mass is 300 g/mol. The summed E-state index contributed by atoms with van der Waals surface area (Å²) in [6, 6.07) is 8.04. The molecule has 0 bridgehead atoms. The van der Waals surface area contributed by atoms with E-state index in [1.165, 1.54) is 36.7 Å². The van der Waals surface area contributed by atoms with Gasteiger partial charge in [-0.3, -0.25) is 0 Å². The van der Waals surface area contributed by atoms with E-state index >= 15 is 0 Å². The molecular formula is C10H8N2O5S2. The maximum Gasteiger partial charge on any atom is 0.329 e. The fraction of sp³-hybridized carbons (Fsp3) is 0. The van der Waals surface area contributed by atoms with Crippen LogP contribution in [0.3, 0.4) is 0 Å². The van der Waals surface area contributed by atoms with Crippen molar-refractivity contribution in [3.05, 3.63) is 48.8 Å². The zero-order valence-corrected chi connectivity index (χ0v) is 11.0. The molecule has 9 heteroatoms. The third-order valence-corrected chi connectivity index (χ3v) is 4.91. The molecule has 0 aliphatic heterocycles. The molecule has 0 aromatic carbocycles. The molecule has 0 atom stereocenters. The van der Waals surface area contributed by atoms with Crippen LogP contribution in [0.5, 0.6) is 0 Å². The van der Waals surface area contributed by atoms with Gasteiger partial charge in [0.1, 0.15) is 0 Å². The molecule has 2 heterocycles. The van der Waals surface area contributed by atoms with Crippen molar-refractivity contribution in [2.75, 3.05) is 0 Å². The van der Waals surface area contributed by atoms with Crippen molar-refractivity contribution in [3.8, 4) is 0 Å². The van der Waals surface area contributed by atoms with E-state index in [9.17, 15) is 16.8 Å². The van der Waals surface area contributed by atoms with E-state index in [1.807, 2.05) is 0 Å². The van der Waals surface area contributed by atoms with Gasteiger partial charge < -0.3 is 0 Å². The second-order valence-electron chi connectivity index (χ2n) is 3.31. The number of nitrogens with zero attached hydrogens (tertiary/aromatic N) is 2. The highest BCUT2D eigenvalue weighted by molar-refractivity contribution is 7.99. The average Bonchev–Trinajstić information content (AvgIpc) is 2.40. The highest BCUT2D eigenvalue weighted by atomic mass is 32.3. The van der Waals surface area contributed by atoms with Gasteiger partial charge in [-0.2, -0.15) is 16.8 Å². The summed E-state index contributed by atoms with van der Waals surface area (Å²) in [5.41, 5.74) is 0. The summed E-state index contributed by atoms with van der Waals surface area (Å²) < 4.78 is 51.1. The van der Waals surface area contributed by atoms with Gasteiger partial charge in [0.05, 0.1) is 0 Å². The maximum absolute atomic E-state index is 11.7. The summed E-state index contributed by atoms with van der Waals surface area (Å²) in [5, 5.41) is -0.982. The van der Waals surface area contributed by atoms with Crippen LogP contribution in [0.2, 0.25) is 0 Å². The fourth-order valence-electron chi connectivity index (χ4n) is 1.18. The third-order valence-electron chi connectivity index (χ3n) is 1.97. The van der Waals surface area contributed by atoms with E-state index < -0.39 is 30.3 Å². The SMILES string of the molecule is O=S(=O)(OS(=O)(=O)c1ccccn1)c1ccccn1. The summed E-state index contributed by atoms with van der Waals surface area (Å²) in [4.78, 5) is 7.06. The highest BCUT2D eigenvalue weighted by Gasteiger charge is 2.28. The summed E-state index contributed by atoms with van der Waals surface area (Å²) >= 11 is 0. The van der Waals surface area contributed by atoms with Crippen LogP contribution in [0.1, 0.15) is 0 Å². The van der Waals surface area contributed by atoms with Crippen LogP contribution < -0.4 is 0 Å². The van der Waals surface area contributed by atoms with Crippen LogP contribution in [0.25, 0.3) is 0 Å². The molecule has 19 heavy (non-hydrogen) atoms. The largest absolute Gasteiger partial charge is 0.329 e. The molecule has 2 rings (SSSR count). The summed E-state index contributed by atoms with van der Waals surface area (Å²) in [6.45, 7) is 0. The molecule has 0 unspecified atom stereocenters. The minimum atomic E-state index is -4.51. The van der Waals surface area contributed by atoms with Crippen LogP contribution >= 0.6 is 0 Å². The predicted molar refractivity (Wildman–Crippen MR) is 63.9 cm³/mol. The van der Waals surface area contributed by atoms with Crippen LogP contribution in [0.4, 0.5) is 0 Å². The van der Waals surface area contributed by atoms with Gasteiger partial charge in [0.2, 0.25) is 0 Å². The first-order valence-corrected chi connectivity index (χ1v) is 7.77. The number of rotatable bonds is 4. The first-order valence-electron chi connectivity index (χ1n) is 4.95. The zero-order valence-electron chi connectivity index (χ0n) is 9.37. The molecule has 2 aromatic rings. The Bertz CT molecular complexity index is 691. The Kier molecular flexibility index (Phi) is 3.60. The lowest BCUT2D eigenvalue weighted by Crippen LogP contribution is -2.16. The van der Waals surface area contributed by atoms with Crippen molar-refractivity contribution in [3.63, 3.8) is 0 Å². The Labute approximate surface area is 110 Å². The first kappa shape index (κ1) is 13.6. The Morgan fingerprint density at radius 2 is 1.16 bits per heavy atom. The van der Waals surface area contributed by atoms with Crippen LogP contribution in [0.15, 0.2) is 58.8 Å². The van der Waals surface area contributed by atoms with Gasteiger partial charge in [0, 0.05) is 12.4 Å². The number of hydrogen-bond donors (Lipinski definition) is 0. The van der Waals surface area contributed by atoms with Gasteiger partial charge in [0.15, 0.2) is 10.1 Å². The van der Waals surface area contributed by atoms with E-state index in [4.69, 9.17) is 0 Å². The van der Waals surface area contributed by atoms with E-state index in [1.54, 1.807) is 0 Å². The molecule has 0 aliphatic rings. The molecule has 0 N–H and O–H groups in total. The van der Waals surface area contributed by atoms with Gasteiger partial charge in [-0.15, -0.1) is 3.63 Å². The lowest BCUT2D eigenvalue weighted by Gasteiger charge is -2.04. The molecule has 0 aliphatic carbocycles. The summed E-state index contributed by atoms with van der Waals surface area (Å²) in [7, 11) is -9.01. The standard InChI is InChI=1S/C10H8N2O5S2/c13-18(14,9-5-1-3-7-11-9)17-19(15,16)10-6-2-4-8-12-10/h1-8H. The minimum absolute atomic E-state index is 0.491. The van der Waals surface area contributed by atoms with E-state index in [2.05, 4.69) is 13.6 Å². The molecular weight excluding hydrogens is 292 g/mol. The van der Waals surface area contributed by atoms with Crippen molar-refractivity contribution in [2.24, 2.45) is 0 Å². The van der Waals surface area contributed by atoms with Gasteiger partial charge in [-0.1, -0.05) is 12.1 Å². The summed E-state index contributed by atoms with van der Waals surface area (Å²) in [6.07, 6.45) is 2.42. The van der Waals surface area contributed by atoms with Crippen molar-refractivity contribution < 1.29 is 20.5 Å². The summed E-state index contributed by atoms with van der Waals surface area (Å²) in [5.74, 6) is 0. The molecule has 7 nitrogen and oxygen atoms in total. The number of aromatic nitrogens is 2. The molecule has 0 amide bonds. The lowest BCUT2D eigenvalue weighted by molar-refractivity contribution is 0.457. The quantitative estimate of drug-likeness (QED) is 0.813. The molecule has 0 saturated heterocycles. The van der Waals surface area contributed by atoms with E-state index in [-0.39, 0.29) is 0 Å². The van der Waals surface area contributed by atoms with Gasteiger partial charge >= 0.3 is 20.2 Å². The maximum atomic E-state index is 11.7. The van der Waals surface area contributed by atoms with Gasteiger partial charge in [-0.05, 0) is 24.3 Å². The Hall–Kier alpha value is -1.84. The van der Waals surface area contributed by atoms with E-state index in [0.29, 0.717) is 0 Å². The van der Waals surface area contributed by atoms with E-state index in [0.717, 1.165) is 12.1 Å². The fourth-order valence-corrected chi connectivity index (χ4v) is 3.55. The molecule has 0 radical (unpaired) electrons. The van der Waals surface area contributed by atoms with Crippen molar-refractivity contribution in [1.82, 2.24) is 9.97 Å². The first-order chi connectivity index (χ1) is 8.92.